The first-order chi connectivity index (χ1) is 16.8. The standard InChI is InChI=1S/C27H27N3O5/c1-30(6-8-35-9-7-30)27(32)16-4-5-24-21(12-16)22-13-18(14-23(26(28)31)25(22)29-24)17-10-19(33-2)15-20(11-17)34-3/h4-5,10-15H,6-9H2,1-3H3,(H2-,28,29,31,32)/p+1. The Bertz CT molecular complexity index is 1440. The van der Waals surface area contributed by atoms with Crippen LogP contribution in [0.5, 0.6) is 11.5 Å². The molecule has 3 N–H and O–H groups in total. The summed E-state index contributed by atoms with van der Waals surface area (Å²) in [5.74, 6) is 0.776. The van der Waals surface area contributed by atoms with Gasteiger partial charge in [-0.1, -0.05) is 0 Å². The van der Waals surface area contributed by atoms with Gasteiger partial charge in [0.05, 0.1) is 51.1 Å². The number of morpholine rings is 1. The minimum Gasteiger partial charge on any atom is -0.497 e. The van der Waals surface area contributed by atoms with Crippen LogP contribution >= 0.6 is 0 Å². The van der Waals surface area contributed by atoms with Gasteiger partial charge in [-0.25, -0.2) is 4.79 Å². The monoisotopic (exact) mass is 474 g/mol. The molecule has 2 heterocycles. The number of amides is 2. The number of primary amides is 1. The van der Waals surface area contributed by atoms with Gasteiger partial charge in [0, 0.05) is 22.4 Å². The quantitative estimate of drug-likeness (QED) is 0.429. The number of hydrogen-bond donors (Lipinski definition) is 2. The van der Waals surface area contributed by atoms with Crippen LogP contribution in [0.3, 0.4) is 0 Å². The van der Waals surface area contributed by atoms with Crippen LogP contribution < -0.4 is 15.2 Å². The molecule has 0 atom stereocenters. The number of hydrogen-bond acceptors (Lipinski definition) is 5. The molecule has 0 aliphatic carbocycles. The van der Waals surface area contributed by atoms with E-state index in [2.05, 4.69) is 4.98 Å². The number of carbonyl (C=O) groups is 2. The molecule has 35 heavy (non-hydrogen) atoms. The SMILES string of the molecule is COc1cc(OC)cc(-c2cc(C(N)=O)c3[nH]c4ccc(C(=O)[N+]5(C)CCOCC5)cc4c3c2)c1. The van der Waals surface area contributed by atoms with E-state index in [4.69, 9.17) is 19.9 Å². The number of aromatic nitrogens is 1. The van der Waals surface area contributed by atoms with Crippen molar-refractivity contribution >= 4 is 33.6 Å². The Hall–Kier alpha value is -3.88. The third kappa shape index (κ3) is 4.00. The van der Waals surface area contributed by atoms with Crippen molar-refractivity contribution in [2.45, 2.75) is 0 Å². The van der Waals surface area contributed by atoms with Gasteiger partial charge in [0.2, 0.25) is 0 Å². The summed E-state index contributed by atoms with van der Waals surface area (Å²) in [4.78, 5) is 29.2. The Labute approximate surface area is 202 Å². The van der Waals surface area contributed by atoms with Crippen LogP contribution in [-0.2, 0) is 4.74 Å². The number of aromatic amines is 1. The van der Waals surface area contributed by atoms with Gasteiger partial charge < -0.3 is 24.9 Å². The minimum absolute atomic E-state index is 0.0494. The molecule has 2 amide bonds. The molecule has 0 radical (unpaired) electrons. The van der Waals surface area contributed by atoms with Crippen LogP contribution in [0.4, 0.5) is 0 Å². The van der Waals surface area contributed by atoms with Crippen molar-refractivity contribution in [3.63, 3.8) is 0 Å². The van der Waals surface area contributed by atoms with Crippen molar-refractivity contribution in [2.75, 3.05) is 47.6 Å². The molecule has 5 rings (SSSR count). The van der Waals surface area contributed by atoms with E-state index in [1.807, 2.05) is 43.4 Å². The first kappa shape index (κ1) is 22.9. The molecule has 1 saturated heterocycles. The summed E-state index contributed by atoms with van der Waals surface area (Å²) in [6.07, 6.45) is 0. The lowest BCUT2D eigenvalue weighted by Gasteiger charge is -2.34. The number of rotatable bonds is 5. The average Bonchev–Trinajstić information content (AvgIpc) is 3.25. The number of ether oxygens (including phenoxy) is 3. The number of fused-ring (bicyclic) bond motifs is 3. The van der Waals surface area contributed by atoms with Gasteiger partial charge >= 0.3 is 5.91 Å². The molecule has 1 fully saturated rings. The number of nitrogens with zero attached hydrogens (tertiary/aromatic N) is 1. The molecular weight excluding hydrogens is 446 g/mol. The van der Waals surface area contributed by atoms with Gasteiger partial charge in [0.25, 0.3) is 5.91 Å². The second kappa shape index (κ2) is 8.72. The number of likely N-dealkylation sites (N-methyl/N-ethyl adjacent to an activating group) is 1. The lowest BCUT2D eigenvalue weighted by molar-refractivity contribution is -0.837. The molecule has 0 unspecified atom stereocenters. The third-order valence-corrected chi connectivity index (χ3v) is 6.85. The van der Waals surface area contributed by atoms with Crippen LogP contribution in [-0.4, -0.2) is 68.9 Å². The van der Waals surface area contributed by atoms with E-state index in [1.54, 1.807) is 26.4 Å². The van der Waals surface area contributed by atoms with E-state index in [1.165, 1.54) is 0 Å². The van der Waals surface area contributed by atoms with Gasteiger partial charge in [-0.05, 0) is 53.6 Å². The topological polar surface area (TPSA) is 104 Å². The molecule has 0 spiro atoms. The first-order valence-electron chi connectivity index (χ1n) is 11.4. The summed E-state index contributed by atoms with van der Waals surface area (Å²) in [5, 5.41) is 1.66. The molecule has 4 aromatic rings. The van der Waals surface area contributed by atoms with E-state index in [9.17, 15) is 9.59 Å². The van der Waals surface area contributed by atoms with Crippen LogP contribution in [0.15, 0.2) is 48.5 Å². The maximum Gasteiger partial charge on any atom is 0.345 e. The highest BCUT2D eigenvalue weighted by Crippen LogP contribution is 2.36. The zero-order valence-corrected chi connectivity index (χ0v) is 20.0. The van der Waals surface area contributed by atoms with Gasteiger partial charge in [-0.15, -0.1) is 0 Å². The van der Waals surface area contributed by atoms with Crippen molar-refractivity contribution in [2.24, 2.45) is 5.73 Å². The molecule has 0 saturated carbocycles. The fourth-order valence-corrected chi connectivity index (χ4v) is 4.73. The predicted octanol–water partition coefficient (Wildman–Crippen LogP) is 3.72. The Balaban J connectivity index is 1.70. The van der Waals surface area contributed by atoms with Crippen molar-refractivity contribution in [1.29, 1.82) is 0 Å². The molecule has 8 heteroatoms. The molecule has 1 aliphatic heterocycles. The van der Waals surface area contributed by atoms with Crippen LogP contribution in [0.25, 0.3) is 32.9 Å². The Kier molecular flexibility index (Phi) is 5.70. The van der Waals surface area contributed by atoms with Gasteiger partial charge in [-0.3, -0.25) is 9.28 Å². The summed E-state index contributed by atoms with van der Waals surface area (Å²) in [6.45, 7) is 2.40. The van der Waals surface area contributed by atoms with Crippen LogP contribution in [0, 0.1) is 0 Å². The highest BCUT2D eigenvalue weighted by atomic mass is 16.5. The number of methoxy groups -OCH3 is 2. The van der Waals surface area contributed by atoms with Crippen molar-refractivity contribution in [3.8, 4) is 22.6 Å². The van der Waals surface area contributed by atoms with Gasteiger partial charge in [0.1, 0.15) is 24.6 Å². The minimum atomic E-state index is -0.541. The molecule has 180 valence electrons. The zero-order chi connectivity index (χ0) is 24.7. The molecule has 0 bridgehead atoms. The fourth-order valence-electron chi connectivity index (χ4n) is 4.73. The molecule has 1 aliphatic rings. The molecule has 1 aromatic heterocycles. The van der Waals surface area contributed by atoms with Crippen molar-refractivity contribution < 1.29 is 28.3 Å². The molecular formula is C27H28N3O5+. The molecule has 3 aromatic carbocycles. The summed E-state index contributed by atoms with van der Waals surface area (Å²) in [5.41, 5.74) is 9.84. The Morgan fingerprint density at radius 2 is 1.57 bits per heavy atom. The number of nitrogens with one attached hydrogen (secondary N) is 1. The summed E-state index contributed by atoms with van der Waals surface area (Å²) in [7, 11) is 5.13. The Morgan fingerprint density at radius 3 is 2.20 bits per heavy atom. The average molecular weight is 475 g/mol. The predicted molar refractivity (Wildman–Crippen MR) is 134 cm³/mol. The summed E-state index contributed by atoms with van der Waals surface area (Å²) in [6, 6.07) is 14.9. The number of benzene rings is 3. The highest BCUT2D eigenvalue weighted by molar-refractivity contribution is 6.17. The summed E-state index contributed by atoms with van der Waals surface area (Å²) < 4.78 is 16.6. The Morgan fingerprint density at radius 1 is 0.914 bits per heavy atom. The van der Waals surface area contributed by atoms with E-state index < -0.39 is 5.91 Å². The normalized spacial score (nSPS) is 15.3. The number of H-pyrrole nitrogens is 1. The fraction of sp³-hybridized carbons (Fsp3) is 0.259. The second-order valence-electron chi connectivity index (χ2n) is 9.06. The largest absolute Gasteiger partial charge is 0.497 e. The van der Waals surface area contributed by atoms with Gasteiger partial charge in [0.15, 0.2) is 0 Å². The van der Waals surface area contributed by atoms with E-state index in [0.717, 1.165) is 27.4 Å². The van der Waals surface area contributed by atoms with Crippen molar-refractivity contribution in [1.82, 2.24) is 4.98 Å². The maximum atomic E-state index is 13.4. The summed E-state index contributed by atoms with van der Waals surface area (Å²) >= 11 is 0. The van der Waals surface area contributed by atoms with Crippen LogP contribution in [0.1, 0.15) is 20.7 Å². The first-order valence-corrected chi connectivity index (χ1v) is 11.4. The number of quaternary nitrogens is 1. The second-order valence-corrected chi connectivity index (χ2v) is 9.06. The number of carbonyl (C=O) groups excluding carboxylic acids is 2. The third-order valence-electron chi connectivity index (χ3n) is 6.85. The lowest BCUT2D eigenvalue weighted by atomic mass is 9.98. The van der Waals surface area contributed by atoms with Crippen LogP contribution in [0.2, 0.25) is 0 Å². The smallest absolute Gasteiger partial charge is 0.345 e. The van der Waals surface area contributed by atoms with E-state index in [0.29, 0.717) is 58.9 Å². The van der Waals surface area contributed by atoms with E-state index in [-0.39, 0.29) is 5.91 Å². The maximum absolute atomic E-state index is 13.4. The zero-order valence-electron chi connectivity index (χ0n) is 20.0. The van der Waals surface area contributed by atoms with Gasteiger partial charge in [-0.2, -0.15) is 0 Å². The van der Waals surface area contributed by atoms with Crippen molar-refractivity contribution in [3.05, 3.63) is 59.7 Å². The lowest BCUT2D eigenvalue weighted by Crippen LogP contribution is -2.55. The molecule has 8 nitrogen and oxygen atoms in total. The highest BCUT2D eigenvalue weighted by Gasteiger charge is 2.35. The number of nitrogens with two attached hydrogens (primary N) is 1. The van der Waals surface area contributed by atoms with E-state index >= 15 is 0 Å².